The molecule has 29 heavy (non-hydrogen) atoms. The lowest BCUT2D eigenvalue weighted by atomic mass is 10.0. The standard InChI is InChI=1S/C23H23NO5/c1-4-14(2)24-19(25)13-28-23(27)18-12-8-11-17-20(26)15(3)21(29-22(17)18)16-9-6-5-7-10-16/h5-12,14H,4,13H2,1-3H3,(H,24,25)/t14-/m1/s1. The van der Waals surface area contributed by atoms with Gasteiger partial charge in [-0.05, 0) is 32.4 Å². The molecule has 1 amide bonds. The quantitative estimate of drug-likeness (QED) is 0.643. The van der Waals surface area contributed by atoms with Crippen molar-refractivity contribution in [1.29, 1.82) is 0 Å². The number of para-hydroxylation sites is 1. The van der Waals surface area contributed by atoms with Gasteiger partial charge in [-0.25, -0.2) is 4.79 Å². The van der Waals surface area contributed by atoms with Gasteiger partial charge in [0.15, 0.2) is 17.6 Å². The van der Waals surface area contributed by atoms with Crippen LogP contribution in [0, 0.1) is 6.92 Å². The Kier molecular flexibility index (Phi) is 6.12. The second-order valence-corrected chi connectivity index (χ2v) is 6.89. The van der Waals surface area contributed by atoms with Gasteiger partial charge in [0.2, 0.25) is 0 Å². The molecule has 0 aliphatic rings. The highest BCUT2D eigenvalue weighted by molar-refractivity contribution is 6.02. The SMILES string of the molecule is CC[C@@H](C)NC(=O)COC(=O)c1cccc2c(=O)c(C)c(-c3ccccc3)oc12. The average molecular weight is 393 g/mol. The van der Waals surface area contributed by atoms with Crippen molar-refractivity contribution in [3.8, 4) is 11.3 Å². The van der Waals surface area contributed by atoms with E-state index in [2.05, 4.69) is 5.32 Å². The Bertz CT molecular complexity index is 1100. The second-order valence-electron chi connectivity index (χ2n) is 6.89. The zero-order chi connectivity index (χ0) is 21.0. The predicted octanol–water partition coefficient (Wildman–Crippen LogP) is 3.84. The average Bonchev–Trinajstić information content (AvgIpc) is 2.74. The Balaban J connectivity index is 1.97. The molecule has 6 nitrogen and oxygen atoms in total. The van der Waals surface area contributed by atoms with Gasteiger partial charge >= 0.3 is 5.97 Å². The molecule has 0 unspecified atom stereocenters. The van der Waals surface area contributed by atoms with Gasteiger partial charge in [-0.1, -0.05) is 43.3 Å². The van der Waals surface area contributed by atoms with Crippen LogP contribution in [0.2, 0.25) is 0 Å². The van der Waals surface area contributed by atoms with Crippen molar-refractivity contribution in [3.05, 3.63) is 69.9 Å². The summed E-state index contributed by atoms with van der Waals surface area (Å²) in [6.45, 7) is 5.10. The van der Waals surface area contributed by atoms with E-state index >= 15 is 0 Å². The molecule has 0 aliphatic carbocycles. The van der Waals surface area contributed by atoms with E-state index in [4.69, 9.17) is 9.15 Å². The van der Waals surface area contributed by atoms with Crippen LogP contribution in [0.5, 0.6) is 0 Å². The van der Waals surface area contributed by atoms with Gasteiger partial charge in [-0.15, -0.1) is 0 Å². The molecule has 0 spiro atoms. The summed E-state index contributed by atoms with van der Waals surface area (Å²) in [7, 11) is 0. The van der Waals surface area contributed by atoms with E-state index in [1.807, 2.05) is 44.2 Å². The highest BCUT2D eigenvalue weighted by atomic mass is 16.5. The van der Waals surface area contributed by atoms with Crippen LogP contribution in [-0.2, 0) is 9.53 Å². The Labute approximate surface area is 168 Å². The van der Waals surface area contributed by atoms with Crippen molar-refractivity contribution in [2.75, 3.05) is 6.61 Å². The molecular weight excluding hydrogens is 370 g/mol. The summed E-state index contributed by atoms with van der Waals surface area (Å²) in [5.74, 6) is -0.700. The fourth-order valence-electron chi connectivity index (χ4n) is 2.96. The number of benzene rings is 2. The maximum Gasteiger partial charge on any atom is 0.342 e. The lowest BCUT2D eigenvalue weighted by Gasteiger charge is -2.12. The third kappa shape index (κ3) is 4.37. The largest absolute Gasteiger partial charge is 0.455 e. The maximum absolute atomic E-state index is 12.8. The molecule has 3 aromatic rings. The summed E-state index contributed by atoms with van der Waals surface area (Å²) in [4.78, 5) is 37.3. The van der Waals surface area contributed by atoms with E-state index in [1.165, 1.54) is 6.07 Å². The Morgan fingerprint density at radius 3 is 2.52 bits per heavy atom. The maximum atomic E-state index is 12.8. The number of esters is 1. The number of carbonyl (C=O) groups excluding carboxylic acids is 2. The van der Waals surface area contributed by atoms with Crippen LogP contribution < -0.4 is 10.7 Å². The first-order valence-electron chi connectivity index (χ1n) is 9.50. The zero-order valence-electron chi connectivity index (χ0n) is 16.7. The number of rotatable bonds is 6. The molecule has 1 aromatic heterocycles. The number of nitrogens with one attached hydrogen (secondary N) is 1. The molecular formula is C23H23NO5. The van der Waals surface area contributed by atoms with E-state index in [-0.39, 0.29) is 28.5 Å². The molecule has 2 aromatic carbocycles. The fourth-order valence-corrected chi connectivity index (χ4v) is 2.96. The normalized spacial score (nSPS) is 11.8. The van der Waals surface area contributed by atoms with Gasteiger partial charge in [0, 0.05) is 17.2 Å². The summed E-state index contributed by atoms with van der Waals surface area (Å²) in [5, 5.41) is 3.02. The van der Waals surface area contributed by atoms with Crippen molar-refractivity contribution >= 4 is 22.8 Å². The third-order valence-electron chi connectivity index (χ3n) is 4.75. The smallest absolute Gasteiger partial charge is 0.342 e. The first-order chi connectivity index (χ1) is 13.9. The van der Waals surface area contributed by atoms with Crippen molar-refractivity contribution in [2.24, 2.45) is 0 Å². The minimum Gasteiger partial charge on any atom is -0.455 e. The zero-order valence-corrected chi connectivity index (χ0v) is 16.7. The highest BCUT2D eigenvalue weighted by Gasteiger charge is 2.20. The van der Waals surface area contributed by atoms with Gasteiger partial charge in [0.05, 0.1) is 5.39 Å². The van der Waals surface area contributed by atoms with Crippen molar-refractivity contribution in [2.45, 2.75) is 33.2 Å². The molecule has 0 radical (unpaired) electrons. The molecule has 150 valence electrons. The van der Waals surface area contributed by atoms with Crippen LogP contribution in [0.1, 0.15) is 36.2 Å². The van der Waals surface area contributed by atoms with Gasteiger partial charge in [0.1, 0.15) is 11.3 Å². The topological polar surface area (TPSA) is 85.6 Å². The van der Waals surface area contributed by atoms with Crippen LogP contribution >= 0.6 is 0 Å². The van der Waals surface area contributed by atoms with Crippen LogP contribution in [-0.4, -0.2) is 24.5 Å². The van der Waals surface area contributed by atoms with Gasteiger partial charge in [0.25, 0.3) is 5.91 Å². The van der Waals surface area contributed by atoms with E-state index in [0.717, 1.165) is 12.0 Å². The Morgan fingerprint density at radius 2 is 1.83 bits per heavy atom. The van der Waals surface area contributed by atoms with E-state index < -0.39 is 12.6 Å². The van der Waals surface area contributed by atoms with Crippen LogP contribution in [0.3, 0.4) is 0 Å². The number of carbonyl (C=O) groups is 2. The third-order valence-corrected chi connectivity index (χ3v) is 4.75. The Morgan fingerprint density at radius 1 is 1.10 bits per heavy atom. The monoisotopic (exact) mass is 393 g/mol. The van der Waals surface area contributed by atoms with Crippen LogP contribution in [0.25, 0.3) is 22.3 Å². The molecule has 1 heterocycles. The lowest BCUT2D eigenvalue weighted by Crippen LogP contribution is -2.35. The van der Waals surface area contributed by atoms with Crippen molar-refractivity contribution in [1.82, 2.24) is 5.32 Å². The summed E-state index contributed by atoms with van der Waals surface area (Å²) in [6.07, 6.45) is 0.774. The minimum atomic E-state index is -0.721. The van der Waals surface area contributed by atoms with E-state index in [0.29, 0.717) is 16.7 Å². The summed E-state index contributed by atoms with van der Waals surface area (Å²) in [6, 6.07) is 13.9. The Hall–Kier alpha value is -3.41. The lowest BCUT2D eigenvalue weighted by molar-refractivity contribution is -0.124. The van der Waals surface area contributed by atoms with E-state index in [9.17, 15) is 14.4 Å². The molecule has 1 N–H and O–H groups in total. The number of hydrogen-bond acceptors (Lipinski definition) is 5. The number of fused-ring (bicyclic) bond motifs is 1. The molecule has 3 rings (SSSR count). The summed E-state index contributed by atoms with van der Waals surface area (Å²) < 4.78 is 11.1. The number of ether oxygens (including phenoxy) is 1. The first-order valence-corrected chi connectivity index (χ1v) is 9.50. The van der Waals surface area contributed by atoms with Gasteiger partial charge in [-0.3, -0.25) is 9.59 Å². The molecule has 0 aliphatic heterocycles. The molecule has 1 atom stereocenters. The summed E-state index contributed by atoms with van der Waals surface area (Å²) in [5.41, 5.74) is 1.24. The van der Waals surface area contributed by atoms with Crippen LogP contribution in [0.4, 0.5) is 0 Å². The molecule has 6 heteroatoms. The second kappa shape index (κ2) is 8.73. The van der Waals surface area contributed by atoms with Crippen molar-refractivity contribution in [3.63, 3.8) is 0 Å². The predicted molar refractivity (Wildman–Crippen MR) is 111 cm³/mol. The summed E-state index contributed by atoms with van der Waals surface area (Å²) >= 11 is 0. The molecule has 0 fully saturated rings. The fraction of sp³-hybridized carbons (Fsp3) is 0.261. The van der Waals surface area contributed by atoms with Gasteiger partial charge in [-0.2, -0.15) is 0 Å². The first kappa shape index (κ1) is 20.3. The van der Waals surface area contributed by atoms with Crippen molar-refractivity contribution < 1.29 is 18.7 Å². The van der Waals surface area contributed by atoms with E-state index in [1.54, 1.807) is 19.1 Å². The number of amides is 1. The molecule has 0 bridgehead atoms. The minimum absolute atomic E-state index is 0.00631. The van der Waals surface area contributed by atoms with Crippen LogP contribution in [0.15, 0.2) is 57.7 Å². The molecule has 0 saturated heterocycles. The number of hydrogen-bond donors (Lipinski definition) is 1. The highest BCUT2D eigenvalue weighted by Crippen LogP contribution is 2.27. The molecule has 0 saturated carbocycles. The van der Waals surface area contributed by atoms with Gasteiger partial charge < -0.3 is 14.5 Å².